The molecule has 1 aromatic carbocycles. The molecule has 1 N–H and O–H groups in total. The SMILES string of the molecule is CCCCC[C@@H](c1ccc(OC)cc1)N1CCNCC1. The van der Waals surface area contributed by atoms with Crippen LogP contribution in [0.3, 0.4) is 0 Å². The van der Waals surface area contributed by atoms with E-state index in [1.54, 1.807) is 7.11 Å². The van der Waals surface area contributed by atoms with Crippen molar-refractivity contribution in [2.45, 2.75) is 38.6 Å². The van der Waals surface area contributed by atoms with Crippen LogP contribution in [0.4, 0.5) is 0 Å². The van der Waals surface area contributed by atoms with Crippen LogP contribution in [0.25, 0.3) is 0 Å². The molecule has 112 valence electrons. The molecule has 1 atom stereocenters. The second-order valence-corrected chi connectivity index (χ2v) is 5.57. The quantitative estimate of drug-likeness (QED) is 0.774. The van der Waals surface area contributed by atoms with Gasteiger partial charge in [-0.2, -0.15) is 0 Å². The highest BCUT2D eigenvalue weighted by molar-refractivity contribution is 5.29. The second kappa shape index (κ2) is 8.28. The molecule has 1 aromatic rings. The van der Waals surface area contributed by atoms with Gasteiger partial charge in [-0.1, -0.05) is 38.3 Å². The molecule has 1 aliphatic heterocycles. The average Bonchev–Trinajstić information content (AvgIpc) is 2.53. The second-order valence-electron chi connectivity index (χ2n) is 5.57. The van der Waals surface area contributed by atoms with Gasteiger partial charge >= 0.3 is 0 Å². The van der Waals surface area contributed by atoms with E-state index < -0.39 is 0 Å². The molecule has 0 bridgehead atoms. The van der Waals surface area contributed by atoms with Gasteiger partial charge in [-0.3, -0.25) is 4.90 Å². The molecule has 1 fully saturated rings. The maximum atomic E-state index is 5.27. The van der Waals surface area contributed by atoms with Gasteiger partial charge in [0, 0.05) is 32.2 Å². The predicted molar refractivity (Wildman–Crippen MR) is 84.3 cm³/mol. The van der Waals surface area contributed by atoms with E-state index in [0.717, 1.165) is 31.9 Å². The molecule has 2 rings (SSSR count). The number of piperazine rings is 1. The lowest BCUT2D eigenvalue weighted by Gasteiger charge is -2.35. The van der Waals surface area contributed by atoms with Crippen LogP contribution < -0.4 is 10.1 Å². The Morgan fingerprint density at radius 2 is 1.85 bits per heavy atom. The molecule has 1 aliphatic rings. The molecular formula is C17H28N2O. The van der Waals surface area contributed by atoms with E-state index in [9.17, 15) is 0 Å². The van der Waals surface area contributed by atoms with Crippen molar-refractivity contribution in [3.05, 3.63) is 29.8 Å². The van der Waals surface area contributed by atoms with Crippen molar-refractivity contribution in [1.82, 2.24) is 10.2 Å². The average molecular weight is 276 g/mol. The smallest absolute Gasteiger partial charge is 0.118 e. The summed E-state index contributed by atoms with van der Waals surface area (Å²) in [5, 5.41) is 3.44. The van der Waals surface area contributed by atoms with Crippen LogP contribution >= 0.6 is 0 Å². The zero-order valence-corrected chi connectivity index (χ0v) is 12.9. The van der Waals surface area contributed by atoms with Gasteiger partial charge in [-0.05, 0) is 24.1 Å². The van der Waals surface area contributed by atoms with Crippen molar-refractivity contribution >= 4 is 0 Å². The highest BCUT2D eigenvalue weighted by Gasteiger charge is 2.21. The van der Waals surface area contributed by atoms with Crippen LogP contribution in [0.5, 0.6) is 5.75 Å². The summed E-state index contributed by atoms with van der Waals surface area (Å²) in [4.78, 5) is 2.63. The van der Waals surface area contributed by atoms with Crippen molar-refractivity contribution < 1.29 is 4.74 Å². The number of nitrogens with one attached hydrogen (secondary N) is 1. The number of ether oxygens (including phenoxy) is 1. The van der Waals surface area contributed by atoms with Crippen molar-refractivity contribution in [3.63, 3.8) is 0 Å². The first-order valence-corrected chi connectivity index (χ1v) is 7.94. The number of benzene rings is 1. The van der Waals surface area contributed by atoms with Crippen molar-refractivity contribution in [3.8, 4) is 5.75 Å². The number of nitrogens with zero attached hydrogens (tertiary/aromatic N) is 1. The minimum Gasteiger partial charge on any atom is -0.497 e. The lowest BCUT2D eigenvalue weighted by Crippen LogP contribution is -2.45. The van der Waals surface area contributed by atoms with Gasteiger partial charge in [-0.25, -0.2) is 0 Å². The molecule has 1 heterocycles. The number of methoxy groups -OCH3 is 1. The van der Waals surface area contributed by atoms with Crippen molar-refractivity contribution in [2.75, 3.05) is 33.3 Å². The Kier molecular flexibility index (Phi) is 6.34. The number of hydrogen-bond acceptors (Lipinski definition) is 3. The summed E-state index contributed by atoms with van der Waals surface area (Å²) in [7, 11) is 1.73. The first-order valence-electron chi connectivity index (χ1n) is 7.94. The topological polar surface area (TPSA) is 24.5 Å². The van der Waals surface area contributed by atoms with Gasteiger partial charge < -0.3 is 10.1 Å². The predicted octanol–water partition coefficient (Wildman–Crippen LogP) is 3.22. The fourth-order valence-electron chi connectivity index (χ4n) is 2.97. The van der Waals surface area contributed by atoms with Gasteiger partial charge in [0.1, 0.15) is 5.75 Å². The van der Waals surface area contributed by atoms with Crippen LogP contribution in [-0.2, 0) is 0 Å². The molecule has 0 spiro atoms. The number of unbranched alkanes of at least 4 members (excludes halogenated alkanes) is 2. The molecule has 0 unspecified atom stereocenters. The van der Waals surface area contributed by atoms with Crippen LogP contribution in [0.2, 0.25) is 0 Å². The molecule has 20 heavy (non-hydrogen) atoms. The molecule has 0 aromatic heterocycles. The van der Waals surface area contributed by atoms with E-state index >= 15 is 0 Å². The lowest BCUT2D eigenvalue weighted by molar-refractivity contribution is 0.162. The van der Waals surface area contributed by atoms with E-state index in [1.807, 2.05) is 0 Å². The Bertz CT molecular complexity index is 371. The van der Waals surface area contributed by atoms with Crippen LogP contribution in [0, 0.1) is 0 Å². The molecule has 3 heteroatoms. The zero-order chi connectivity index (χ0) is 14.2. The minimum absolute atomic E-state index is 0.564. The Morgan fingerprint density at radius 1 is 1.15 bits per heavy atom. The molecule has 1 saturated heterocycles. The highest BCUT2D eigenvalue weighted by Crippen LogP contribution is 2.28. The normalized spacial score (nSPS) is 17.9. The monoisotopic (exact) mass is 276 g/mol. The molecular weight excluding hydrogens is 248 g/mol. The molecule has 0 aliphatic carbocycles. The van der Waals surface area contributed by atoms with E-state index in [4.69, 9.17) is 4.74 Å². The van der Waals surface area contributed by atoms with Crippen molar-refractivity contribution in [2.24, 2.45) is 0 Å². The van der Waals surface area contributed by atoms with E-state index in [1.165, 1.54) is 31.2 Å². The van der Waals surface area contributed by atoms with Crippen LogP contribution in [0.15, 0.2) is 24.3 Å². The minimum atomic E-state index is 0.564. The third-order valence-electron chi connectivity index (χ3n) is 4.17. The standard InChI is InChI=1S/C17H28N2O/c1-3-4-5-6-17(19-13-11-18-12-14-19)15-7-9-16(20-2)10-8-15/h7-10,17-18H,3-6,11-14H2,1-2H3/t17-/m0/s1. The third kappa shape index (κ3) is 4.22. The molecule has 3 nitrogen and oxygen atoms in total. The maximum absolute atomic E-state index is 5.27. The summed E-state index contributed by atoms with van der Waals surface area (Å²) in [6.07, 6.45) is 5.20. The molecule has 0 amide bonds. The van der Waals surface area contributed by atoms with Gasteiger partial charge in [0.05, 0.1) is 7.11 Å². The van der Waals surface area contributed by atoms with Gasteiger partial charge in [0.15, 0.2) is 0 Å². The third-order valence-corrected chi connectivity index (χ3v) is 4.17. The highest BCUT2D eigenvalue weighted by atomic mass is 16.5. The number of hydrogen-bond donors (Lipinski definition) is 1. The summed E-state index contributed by atoms with van der Waals surface area (Å²) < 4.78 is 5.27. The van der Waals surface area contributed by atoms with E-state index in [2.05, 4.69) is 41.4 Å². The summed E-state index contributed by atoms with van der Waals surface area (Å²) in [6.45, 7) is 6.81. The van der Waals surface area contributed by atoms with Gasteiger partial charge in [0.25, 0.3) is 0 Å². The summed E-state index contributed by atoms with van der Waals surface area (Å²) in [6, 6.07) is 9.21. The summed E-state index contributed by atoms with van der Waals surface area (Å²) >= 11 is 0. The van der Waals surface area contributed by atoms with E-state index in [-0.39, 0.29) is 0 Å². The first kappa shape index (κ1) is 15.3. The Morgan fingerprint density at radius 3 is 2.45 bits per heavy atom. The van der Waals surface area contributed by atoms with E-state index in [0.29, 0.717) is 6.04 Å². The maximum Gasteiger partial charge on any atom is 0.118 e. The summed E-state index contributed by atoms with van der Waals surface area (Å²) in [5.74, 6) is 0.946. The Labute approximate surface area is 123 Å². The number of rotatable bonds is 7. The van der Waals surface area contributed by atoms with Gasteiger partial charge in [-0.15, -0.1) is 0 Å². The van der Waals surface area contributed by atoms with Gasteiger partial charge in [0.2, 0.25) is 0 Å². The zero-order valence-electron chi connectivity index (χ0n) is 12.9. The Hall–Kier alpha value is -1.06. The first-order chi connectivity index (χ1) is 9.85. The lowest BCUT2D eigenvalue weighted by atomic mass is 9.98. The molecule has 0 radical (unpaired) electrons. The fourth-order valence-corrected chi connectivity index (χ4v) is 2.97. The largest absolute Gasteiger partial charge is 0.497 e. The van der Waals surface area contributed by atoms with Crippen LogP contribution in [0.1, 0.15) is 44.2 Å². The fraction of sp³-hybridized carbons (Fsp3) is 0.647. The van der Waals surface area contributed by atoms with Crippen LogP contribution in [-0.4, -0.2) is 38.2 Å². The molecule has 0 saturated carbocycles. The summed E-state index contributed by atoms with van der Waals surface area (Å²) in [5.41, 5.74) is 1.43. The Balaban J connectivity index is 2.06. The van der Waals surface area contributed by atoms with Crippen molar-refractivity contribution in [1.29, 1.82) is 0 Å².